The molecule has 0 saturated carbocycles. The van der Waals surface area contributed by atoms with E-state index < -0.39 is 6.16 Å². The van der Waals surface area contributed by atoms with E-state index in [-0.39, 0.29) is 13.2 Å². The summed E-state index contributed by atoms with van der Waals surface area (Å²) in [5.41, 5.74) is 0. The van der Waals surface area contributed by atoms with Crippen molar-refractivity contribution in [3.8, 4) is 0 Å². The lowest BCUT2D eigenvalue weighted by molar-refractivity contribution is 0.114. The molecule has 0 amide bonds. The van der Waals surface area contributed by atoms with Crippen LogP contribution in [0.2, 0.25) is 0 Å². The summed E-state index contributed by atoms with van der Waals surface area (Å²) in [4.78, 5) is 9.15. The first-order valence-electron chi connectivity index (χ1n) is 2.17. The van der Waals surface area contributed by atoms with Crippen LogP contribution in [0, 0.1) is 0 Å². The molecule has 0 unspecified atom stereocenters. The minimum absolute atomic E-state index is 0.125. The molecule has 56 valence electrons. The molecular weight excluding hydrogens is 128 g/mol. The van der Waals surface area contributed by atoms with Gasteiger partial charge >= 0.3 is 6.16 Å². The predicted molar refractivity (Wildman–Crippen MR) is 29.2 cm³/mol. The Bertz CT molecular complexity index is 60.0. The van der Waals surface area contributed by atoms with Crippen LogP contribution in [0.15, 0.2) is 0 Å². The van der Waals surface area contributed by atoms with Crippen molar-refractivity contribution in [2.45, 2.75) is 0 Å². The summed E-state index contributed by atoms with van der Waals surface area (Å²) in [5.74, 6) is 0. The maximum atomic E-state index is 9.15. The number of aliphatic hydroxyl groups excluding tert-OH is 2. The number of hydrogen-bond acceptors (Lipinski definition) is 4. The van der Waals surface area contributed by atoms with E-state index in [2.05, 4.69) is 4.74 Å². The van der Waals surface area contributed by atoms with E-state index in [4.69, 9.17) is 20.1 Å². The summed E-state index contributed by atoms with van der Waals surface area (Å²) in [7, 11) is 1.10. The van der Waals surface area contributed by atoms with E-state index in [1.54, 1.807) is 0 Å². The Morgan fingerprint density at radius 1 is 1.44 bits per heavy atom. The second-order valence-electron chi connectivity index (χ2n) is 0.917. The molecule has 0 fully saturated rings. The fourth-order valence-corrected chi connectivity index (χ4v) is 0. The third-order valence-electron chi connectivity index (χ3n) is 0.275. The van der Waals surface area contributed by atoms with Gasteiger partial charge in [-0.3, -0.25) is 0 Å². The fourth-order valence-electron chi connectivity index (χ4n) is 0. The Morgan fingerprint density at radius 2 is 1.67 bits per heavy atom. The van der Waals surface area contributed by atoms with Gasteiger partial charge in [0.25, 0.3) is 0 Å². The highest BCUT2D eigenvalue weighted by Crippen LogP contribution is 1.60. The molecule has 0 aromatic heterocycles. The van der Waals surface area contributed by atoms with E-state index in [1.807, 2.05) is 0 Å². The second kappa shape index (κ2) is 10.2. The molecule has 0 radical (unpaired) electrons. The molecule has 5 heteroatoms. The number of carboxylic acid groups (broad SMARTS) is 1. The Kier molecular flexibility index (Phi) is 12.6. The predicted octanol–water partition coefficient (Wildman–Crippen LogP) is -0.718. The molecule has 0 aromatic carbocycles. The SMILES string of the molecule is COC(=O)O.OCCO. The fraction of sp³-hybridized carbons (Fsp3) is 0.750. The van der Waals surface area contributed by atoms with Gasteiger partial charge < -0.3 is 20.1 Å². The number of hydrogen-bond donors (Lipinski definition) is 3. The van der Waals surface area contributed by atoms with Crippen molar-refractivity contribution >= 4 is 6.16 Å². The smallest absolute Gasteiger partial charge is 0.450 e. The monoisotopic (exact) mass is 138 g/mol. The van der Waals surface area contributed by atoms with Gasteiger partial charge in [0.05, 0.1) is 20.3 Å². The summed E-state index contributed by atoms with van der Waals surface area (Å²) in [5, 5.41) is 22.8. The molecule has 0 aliphatic carbocycles. The molecular formula is C4H10O5. The van der Waals surface area contributed by atoms with Gasteiger partial charge in [0.1, 0.15) is 0 Å². The molecule has 0 atom stereocenters. The maximum Gasteiger partial charge on any atom is 0.505 e. The average molecular weight is 138 g/mol. The summed E-state index contributed by atoms with van der Waals surface area (Å²) in [6.07, 6.45) is -1.25. The van der Waals surface area contributed by atoms with Crippen LogP contribution in [-0.2, 0) is 4.74 Å². The number of aliphatic hydroxyl groups is 2. The highest BCUT2D eigenvalue weighted by Gasteiger charge is 1.80. The van der Waals surface area contributed by atoms with Crippen molar-refractivity contribution in [3.05, 3.63) is 0 Å². The Hall–Kier alpha value is -0.810. The van der Waals surface area contributed by atoms with Gasteiger partial charge in [-0.25, -0.2) is 4.79 Å². The first kappa shape index (κ1) is 11.0. The van der Waals surface area contributed by atoms with Gasteiger partial charge in [-0.05, 0) is 0 Å². The van der Waals surface area contributed by atoms with Gasteiger partial charge in [0.15, 0.2) is 0 Å². The molecule has 0 heterocycles. The van der Waals surface area contributed by atoms with Crippen LogP contribution < -0.4 is 0 Å². The van der Waals surface area contributed by atoms with Crippen LogP contribution in [-0.4, -0.2) is 41.8 Å². The average Bonchev–Trinajstić information content (AvgIpc) is 1.89. The molecule has 0 aliphatic rings. The van der Waals surface area contributed by atoms with E-state index in [9.17, 15) is 0 Å². The van der Waals surface area contributed by atoms with Gasteiger partial charge in [0, 0.05) is 0 Å². The van der Waals surface area contributed by atoms with Crippen molar-refractivity contribution in [2.24, 2.45) is 0 Å². The lowest BCUT2D eigenvalue weighted by Crippen LogP contribution is -1.91. The summed E-state index contributed by atoms with van der Waals surface area (Å²) in [6, 6.07) is 0. The third kappa shape index (κ3) is 40.4. The largest absolute Gasteiger partial charge is 0.505 e. The number of rotatable bonds is 1. The summed E-state index contributed by atoms with van der Waals surface area (Å²) < 4.78 is 3.67. The summed E-state index contributed by atoms with van der Waals surface area (Å²) >= 11 is 0. The van der Waals surface area contributed by atoms with Crippen LogP contribution in [0.4, 0.5) is 4.79 Å². The molecule has 3 N–H and O–H groups in total. The minimum atomic E-state index is -1.25. The van der Waals surface area contributed by atoms with E-state index >= 15 is 0 Å². The van der Waals surface area contributed by atoms with Crippen molar-refractivity contribution < 1.29 is 24.9 Å². The van der Waals surface area contributed by atoms with Crippen LogP contribution >= 0.6 is 0 Å². The third-order valence-corrected chi connectivity index (χ3v) is 0.275. The maximum absolute atomic E-state index is 9.15. The van der Waals surface area contributed by atoms with Gasteiger partial charge in [-0.2, -0.15) is 0 Å². The zero-order valence-electron chi connectivity index (χ0n) is 5.07. The van der Waals surface area contributed by atoms with Gasteiger partial charge in [-0.1, -0.05) is 0 Å². The number of carbonyl (C=O) groups is 1. The molecule has 5 nitrogen and oxygen atoms in total. The second-order valence-corrected chi connectivity index (χ2v) is 0.917. The lowest BCUT2D eigenvalue weighted by Gasteiger charge is -1.79. The highest BCUT2D eigenvalue weighted by atomic mass is 16.6. The quantitative estimate of drug-likeness (QED) is 0.416. The molecule has 0 saturated heterocycles. The van der Waals surface area contributed by atoms with Crippen LogP contribution in [0.3, 0.4) is 0 Å². The topological polar surface area (TPSA) is 87.0 Å². The standard InChI is InChI=1S/C2H4O3.C2H6O2/c1-5-2(3)4;3-1-2-4/h1H3,(H,3,4);3-4H,1-2H2. The van der Waals surface area contributed by atoms with Crippen LogP contribution in [0.5, 0.6) is 0 Å². The Morgan fingerprint density at radius 3 is 1.67 bits per heavy atom. The number of methoxy groups -OCH3 is 1. The van der Waals surface area contributed by atoms with Gasteiger partial charge in [-0.15, -0.1) is 0 Å². The van der Waals surface area contributed by atoms with Crippen molar-refractivity contribution in [3.63, 3.8) is 0 Å². The van der Waals surface area contributed by atoms with Crippen LogP contribution in [0.25, 0.3) is 0 Å². The minimum Gasteiger partial charge on any atom is -0.450 e. The first-order valence-corrected chi connectivity index (χ1v) is 2.17. The normalized spacial score (nSPS) is 7.00. The van der Waals surface area contributed by atoms with Crippen molar-refractivity contribution in [1.82, 2.24) is 0 Å². The van der Waals surface area contributed by atoms with Crippen molar-refractivity contribution in [2.75, 3.05) is 20.3 Å². The van der Waals surface area contributed by atoms with Crippen LogP contribution in [0.1, 0.15) is 0 Å². The zero-order chi connectivity index (χ0) is 7.70. The molecule has 0 bridgehead atoms. The zero-order valence-corrected chi connectivity index (χ0v) is 5.07. The lowest BCUT2D eigenvalue weighted by atomic mass is 10.8. The summed E-state index contributed by atoms with van der Waals surface area (Å²) in [6.45, 7) is -0.250. The molecule has 0 aliphatic heterocycles. The highest BCUT2D eigenvalue weighted by molar-refractivity contribution is 5.56. The molecule has 0 spiro atoms. The molecule has 0 aromatic rings. The van der Waals surface area contributed by atoms with E-state index in [1.165, 1.54) is 0 Å². The van der Waals surface area contributed by atoms with E-state index in [0.29, 0.717) is 0 Å². The molecule has 9 heavy (non-hydrogen) atoms. The Balaban J connectivity index is 0. The van der Waals surface area contributed by atoms with Gasteiger partial charge in [0.2, 0.25) is 0 Å². The first-order chi connectivity index (χ1) is 4.18. The van der Waals surface area contributed by atoms with Crippen molar-refractivity contribution in [1.29, 1.82) is 0 Å². The molecule has 0 rings (SSSR count). The van der Waals surface area contributed by atoms with E-state index in [0.717, 1.165) is 7.11 Å². The Labute approximate surface area is 52.5 Å². The number of ether oxygens (including phenoxy) is 1.